The molecule has 0 aliphatic carbocycles. The molecule has 2 fully saturated rings. The summed E-state index contributed by atoms with van der Waals surface area (Å²) in [5.74, 6) is 0. The number of hydrogen-bond donors (Lipinski definition) is 6. The molecule has 0 amide bonds. The van der Waals surface area contributed by atoms with E-state index in [1.165, 1.54) is 6.92 Å². The molecule has 0 aromatic heterocycles. The van der Waals surface area contributed by atoms with Gasteiger partial charge in [0.25, 0.3) is 0 Å². The Kier molecular flexibility index (Phi) is 7.15. The second-order valence-corrected chi connectivity index (χ2v) is 7.05. The van der Waals surface area contributed by atoms with Crippen LogP contribution in [0.2, 0.25) is 0 Å². The molecule has 2 heterocycles. The minimum Gasteiger partial charge on any atom is -0.393 e. The maximum Gasteiger partial charge on any atom is 0.188 e. The van der Waals surface area contributed by atoms with Crippen molar-refractivity contribution in [2.24, 2.45) is 0 Å². The van der Waals surface area contributed by atoms with Crippen LogP contribution in [0.3, 0.4) is 0 Å². The van der Waals surface area contributed by atoms with Gasteiger partial charge in [-0.15, -0.1) is 0 Å². The summed E-state index contributed by atoms with van der Waals surface area (Å²) in [5, 5.41) is 68.4. The quantitative estimate of drug-likeness (QED) is 0.258. The van der Waals surface area contributed by atoms with Gasteiger partial charge in [0.2, 0.25) is 0 Å². The Morgan fingerprint density at radius 2 is 1.85 bits per heavy atom. The Labute approximate surface area is 156 Å². The molecule has 0 aromatic rings. The Morgan fingerprint density at radius 1 is 1.19 bits per heavy atom. The van der Waals surface area contributed by atoms with Gasteiger partial charge in [0.15, 0.2) is 18.2 Å². The summed E-state index contributed by atoms with van der Waals surface area (Å²) in [6.45, 7) is 1.72. The average Bonchev–Trinajstić information content (AvgIpc) is 2.96. The maximum absolute atomic E-state index is 10.1. The molecule has 6 N–H and O–H groups in total. The fraction of sp³-hybridized carbons (Fsp3) is 0.938. The number of aliphatic hydroxyl groups excluding tert-OH is 5. The van der Waals surface area contributed by atoms with Gasteiger partial charge >= 0.3 is 0 Å². The van der Waals surface area contributed by atoms with Crippen molar-refractivity contribution in [1.29, 1.82) is 5.26 Å². The zero-order chi connectivity index (χ0) is 20.4. The van der Waals surface area contributed by atoms with Crippen LogP contribution in [0.25, 0.3) is 0 Å². The van der Waals surface area contributed by atoms with Crippen molar-refractivity contribution in [2.45, 2.75) is 74.6 Å². The fourth-order valence-corrected chi connectivity index (χ4v) is 2.72. The highest BCUT2D eigenvalue weighted by molar-refractivity contribution is 4.99. The zero-order valence-corrected chi connectivity index (χ0v) is 15.1. The van der Waals surface area contributed by atoms with Crippen LogP contribution in [0.1, 0.15) is 20.3 Å². The summed E-state index contributed by atoms with van der Waals surface area (Å²) in [6.07, 6.45) is -9.86. The summed E-state index contributed by atoms with van der Waals surface area (Å²) in [6, 6.07) is 1.94. The van der Waals surface area contributed by atoms with E-state index >= 15 is 0 Å². The van der Waals surface area contributed by atoms with Crippen LogP contribution in [-0.2, 0) is 18.9 Å². The number of nitriles is 1. The van der Waals surface area contributed by atoms with Gasteiger partial charge in [-0.2, -0.15) is 5.26 Å². The molecule has 0 aromatic carbocycles. The first-order valence-corrected chi connectivity index (χ1v) is 8.64. The van der Waals surface area contributed by atoms with Crippen molar-refractivity contribution in [3.05, 3.63) is 0 Å². The third-order valence-electron chi connectivity index (χ3n) is 4.96. The van der Waals surface area contributed by atoms with Gasteiger partial charge in [0.1, 0.15) is 36.1 Å². The molecule has 0 bridgehead atoms. The highest BCUT2D eigenvalue weighted by atomic mass is 16.7. The zero-order valence-electron chi connectivity index (χ0n) is 15.1. The Hall–Kier alpha value is -0.910. The molecule has 0 spiro atoms. The van der Waals surface area contributed by atoms with Gasteiger partial charge in [-0.3, -0.25) is 0 Å². The molecule has 11 heteroatoms. The van der Waals surface area contributed by atoms with Crippen molar-refractivity contribution < 1.29 is 49.6 Å². The van der Waals surface area contributed by atoms with Crippen molar-refractivity contribution in [1.82, 2.24) is 0 Å². The summed E-state index contributed by atoms with van der Waals surface area (Å²) in [5.41, 5.74) is -3.14. The van der Waals surface area contributed by atoms with Crippen LogP contribution in [0.4, 0.5) is 0 Å². The highest BCUT2D eigenvalue weighted by Crippen LogP contribution is 2.29. The normalized spacial score (nSPS) is 44.6. The van der Waals surface area contributed by atoms with Gasteiger partial charge in [-0.25, -0.2) is 0 Å². The Balaban J connectivity index is 2.01. The van der Waals surface area contributed by atoms with E-state index in [-0.39, 0.29) is 19.6 Å². The van der Waals surface area contributed by atoms with Crippen LogP contribution in [-0.4, -0.2) is 105 Å². The molecule has 0 saturated carbocycles. The van der Waals surface area contributed by atoms with E-state index in [1.807, 2.05) is 6.07 Å². The fourth-order valence-electron chi connectivity index (χ4n) is 2.72. The SMILES string of the molecule is CCC(C)(C#N)O[C@@H]1O[C@H](CO[C@@H]2OC[C@](O)(CO)[C@H]2O)[C@@H](O)[C@H](O)[C@H]1O. The molecule has 2 saturated heterocycles. The average molecular weight is 393 g/mol. The maximum atomic E-state index is 10.1. The number of nitrogens with zero attached hydrogens (tertiary/aromatic N) is 1. The standard InChI is InChI=1S/C16H27NO10/c1-3-15(2,5-17)27-13-11(21)10(20)9(19)8(26-13)4-24-14-12(22)16(23,6-18)7-25-14/h8-14,18-23H,3-4,6-7H2,1-2H3/t8-,9-,10+,11-,12+,13+,14-,15?,16-/m1/s1. The molecular formula is C16H27NO10. The molecule has 1 unspecified atom stereocenters. The lowest BCUT2D eigenvalue weighted by Crippen LogP contribution is -2.61. The summed E-state index contributed by atoms with van der Waals surface area (Å²) >= 11 is 0. The molecule has 2 aliphatic rings. The lowest BCUT2D eigenvalue weighted by atomic mass is 9.98. The van der Waals surface area contributed by atoms with Crippen LogP contribution in [0.5, 0.6) is 0 Å². The number of ether oxygens (including phenoxy) is 4. The summed E-state index contributed by atoms with van der Waals surface area (Å²) < 4.78 is 21.3. The number of hydrogen-bond acceptors (Lipinski definition) is 11. The Morgan fingerprint density at radius 3 is 2.37 bits per heavy atom. The summed E-state index contributed by atoms with van der Waals surface area (Å²) in [7, 11) is 0. The van der Waals surface area contributed by atoms with Crippen molar-refractivity contribution >= 4 is 0 Å². The molecule has 11 nitrogen and oxygen atoms in total. The van der Waals surface area contributed by atoms with Gasteiger partial charge < -0.3 is 49.6 Å². The van der Waals surface area contributed by atoms with E-state index in [0.717, 1.165) is 0 Å². The molecule has 9 atom stereocenters. The van der Waals surface area contributed by atoms with Crippen LogP contribution in [0.15, 0.2) is 0 Å². The molecule has 2 rings (SSSR count). The third kappa shape index (κ3) is 4.57. The number of rotatable bonds is 7. The molecule has 0 radical (unpaired) electrons. The van der Waals surface area contributed by atoms with Crippen LogP contribution >= 0.6 is 0 Å². The first-order chi connectivity index (χ1) is 12.6. The van der Waals surface area contributed by atoms with E-state index in [1.54, 1.807) is 6.92 Å². The first kappa shape index (κ1) is 22.4. The predicted octanol–water partition coefficient (Wildman–Crippen LogP) is -3.04. The van der Waals surface area contributed by atoms with Crippen molar-refractivity contribution in [3.63, 3.8) is 0 Å². The number of aliphatic hydroxyl groups is 6. The first-order valence-electron chi connectivity index (χ1n) is 8.64. The highest BCUT2D eigenvalue weighted by Gasteiger charge is 2.50. The lowest BCUT2D eigenvalue weighted by Gasteiger charge is -2.42. The van der Waals surface area contributed by atoms with Crippen LogP contribution < -0.4 is 0 Å². The second-order valence-electron chi connectivity index (χ2n) is 7.05. The van der Waals surface area contributed by atoms with E-state index in [9.17, 15) is 30.8 Å². The Bertz CT molecular complexity index is 544. The summed E-state index contributed by atoms with van der Waals surface area (Å²) in [4.78, 5) is 0. The van der Waals surface area contributed by atoms with Crippen molar-refractivity contribution in [3.8, 4) is 6.07 Å². The van der Waals surface area contributed by atoms with Crippen LogP contribution in [0, 0.1) is 11.3 Å². The lowest BCUT2D eigenvalue weighted by molar-refractivity contribution is -0.325. The van der Waals surface area contributed by atoms with Gasteiger partial charge in [-0.1, -0.05) is 6.92 Å². The van der Waals surface area contributed by atoms with Gasteiger partial charge in [0.05, 0.1) is 25.9 Å². The smallest absolute Gasteiger partial charge is 0.188 e. The second kappa shape index (κ2) is 8.62. The third-order valence-corrected chi connectivity index (χ3v) is 4.96. The largest absolute Gasteiger partial charge is 0.393 e. The van der Waals surface area contributed by atoms with E-state index in [0.29, 0.717) is 0 Å². The molecule has 27 heavy (non-hydrogen) atoms. The molecular weight excluding hydrogens is 366 g/mol. The topological polar surface area (TPSA) is 182 Å². The predicted molar refractivity (Wildman–Crippen MR) is 85.8 cm³/mol. The minimum absolute atomic E-state index is 0.289. The monoisotopic (exact) mass is 393 g/mol. The van der Waals surface area contributed by atoms with E-state index in [2.05, 4.69) is 0 Å². The van der Waals surface area contributed by atoms with Gasteiger partial charge in [-0.05, 0) is 13.3 Å². The van der Waals surface area contributed by atoms with Crippen molar-refractivity contribution in [2.75, 3.05) is 19.8 Å². The molecule has 156 valence electrons. The van der Waals surface area contributed by atoms with Gasteiger partial charge in [0, 0.05) is 0 Å². The molecule has 2 aliphatic heterocycles. The van der Waals surface area contributed by atoms with E-state index < -0.39 is 60.9 Å². The minimum atomic E-state index is -1.87. The van der Waals surface area contributed by atoms with E-state index in [4.69, 9.17) is 24.1 Å².